The Labute approximate surface area is 212 Å². The monoisotopic (exact) mass is 505 g/mol. The summed E-state index contributed by atoms with van der Waals surface area (Å²) in [6.07, 6.45) is 6.05. The Morgan fingerprint density at radius 1 is 1.25 bits per heavy atom. The van der Waals surface area contributed by atoms with E-state index in [9.17, 15) is 9.90 Å². The summed E-state index contributed by atoms with van der Waals surface area (Å²) in [6, 6.07) is 6.25. The number of fused-ring (bicyclic) bond motifs is 3. The maximum atomic E-state index is 11.6. The summed E-state index contributed by atoms with van der Waals surface area (Å²) < 4.78 is 9.76. The van der Waals surface area contributed by atoms with Crippen molar-refractivity contribution >= 4 is 17.2 Å². The lowest BCUT2D eigenvalue weighted by Crippen LogP contribution is -2.50. The van der Waals surface area contributed by atoms with E-state index in [0.717, 1.165) is 50.3 Å². The smallest absolute Gasteiger partial charge is 0.219 e. The van der Waals surface area contributed by atoms with Crippen LogP contribution in [-0.2, 0) is 17.8 Å². The highest BCUT2D eigenvalue weighted by molar-refractivity contribution is 7.15. The fourth-order valence-corrected chi connectivity index (χ4v) is 5.68. The molecule has 1 amide bonds. The molecule has 4 aromatic rings. The zero-order chi connectivity index (χ0) is 25.0. The molecule has 2 aliphatic heterocycles. The molecule has 10 nitrogen and oxygen atoms in total. The van der Waals surface area contributed by atoms with Gasteiger partial charge in [-0.3, -0.25) is 9.48 Å². The van der Waals surface area contributed by atoms with Crippen LogP contribution < -0.4 is 4.74 Å². The highest BCUT2D eigenvalue weighted by Crippen LogP contribution is 2.42. The molecular weight excluding hydrogens is 478 g/mol. The summed E-state index contributed by atoms with van der Waals surface area (Å²) in [7, 11) is 0. The van der Waals surface area contributed by atoms with Crippen molar-refractivity contribution in [3.63, 3.8) is 0 Å². The summed E-state index contributed by atoms with van der Waals surface area (Å²) in [6.45, 7) is 7.37. The lowest BCUT2D eigenvalue weighted by Gasteiger charge is -2.38. The van der Waals surface area contributed by atoms with Crippen molar-refractivity contribution in [1.82, 2.24) is 34.4 Å². The second-order valence-corrected chi connectivity index (χ2v) is 11.0. The summed E-state index contributed by atoms with van der Waals surface area (Å²) in [4.78, 5) is 24.0. The number of benzene rings is 1. The summed E-state index contributed by atoms with van der Waals surface area (Å²) in [5.41, 5.74) is 2.99. The molecule has 0 atom stereocenters. The van der Waals surface area contributed by atoms with Gasteiger partial charge in [-0.15, -0.1) is 11.3 Å². The molecule has 0 spiro atoms. The molecule has 5 heterocycles. The molecule has 0 saturated carbocycles. The Bertz CT molecular complexity index is 1440. The van der Waals surface area contributed by atoms with Crippen LogP contribution in [0.3, 0.4) is 0 Å². The lowest BCUT2D eigenvalue weighted by molar-refractivity contribution is -0.134. The average Bonchev–Trinajstić information content (AvgIpc) is 3.50. The summed E-state index contributed by atoms with van der Waals surface area (Å²) >= 11 is 1.62. The van der Waals surface area contributed by atoms with Crippen molar-refractivity contribution < 1.29 is 14.6 Å². The first kappa shape index (κ1) is 22.9. The van der Waals surface area contributed by atoms with Crippen LogP contribution in [0.4, 0.5) is 0 Å². The van der Waals surface area contributed by atoms with E-state index in [1.54, 1.807) is 54.2 Å². The normalized spacial score (nSPS) is 15.6. The van der Waals surface area contributed by atoms with Crippen molar-refractivity contribution in [2.24, 2.45) is 0 Å². The third-order valence-corrected chi connectivity index (χ3v) is 7.57. The Hall–Kier alpha value is -3.57. The highest BCUT2D eigenvalue weighted by atomic mass is 32.1. The number of amides is 1. The first-order chi connectivity index (χ1) is 17.2. The SMILES string of the molecule is CC(=O)N1CC(n2ncnc2-c2nc3c(s2)CCOc2cc(-c4cnn(CC(C)(C)O)c4)ccc2-3)C1. The van der Waals surface area contributed by atoms with E-state index in [-0.39, 0.29) is 11.9 Å². The number of hydrogen-bond donors (Lipinski definition) is 1. The zero-order valence-corrected chi connectivity index (χ0v) is 21.2. The number of thiazole rings is 1. The number of aromatic nitrogens is 6. The molecular formula is C25H27N7O3S. The van der Waals surface area contributed by atoms with Gasteiger partial charge in [0.05, 0.1) is 36.7 Å². The molecule has 1 aromatic carbocycles. The van der Waals surface area contributed by atoms with Gasteiger partial charge in [0, 0.05) is 48.6 Å². The van der Waals surface area contributed by atoms with Gasteiger partial charge < -0.3 is 14.7 Å². The maximum Gasteiger partial charge on any atom is 0.219 e. The van der Waals surface area contributed by atoms with E-state index in [2.05, 4.69) is 21.2 Å². The van der Waals surface area contributed by atoms with Gasteiger partial charge in [-0.05, 0) is 31.5 Å². The van der Waals surface area contributed by atoms with Gasteiger partial charge in [0.2, 0.25) is 5.91 Å². The van der Waals surface area contributed by atoms with E-state index < -0.39 is 5.60 Å². The lowest BCUT2D eigenvalue weighted by atomic mass is 10.0. The average molecular weight is 506 g/mol. The van der Waals surface area contributed by atoms with Crippen LogP contribution >= 0.6 is 11.3 Å². The van der Waals surface area contributed by atoms with Gasteiger partial charge >= 0.3 is 0 Å². The Kier molecular flexibility index (Phi) is 5.41. The fraction of sp³-hybridized carbons (Fsp3) is 0.400. The molecule has 0 aliphatic carbocycles. The van der Waals surface area contributed by atoms with Crippen LogP contribution in [0.1, 0.15) is 31.7 Å². The highest BCUT2D eigenvalue weighted by Gasteiger charge is 2.33. The molecule has 1 N–H and O–H groups in total. The van der Waals surface area contributed by atoms with Crippen LogP contribution in [0.25, 0.3) is 33.2 Å². The van der Waals surface area contributed by atoms with Gasteiger partial charge in [0.1, 0.15) is 12.1 Å². The van der Waals surface area contributed by atoms with Gasteiger partial charge in [-0.25, -0.2) is 14.6 Å². The predicted octanol–water partition coefficient (Wildman–Crippen LogP) is 3.04. The molecule has 186 valence electrons. The Morgan fingerprint density at radius 2 is 2.08 bits per heavy atom. The number of carbonyl (C=O) groups excluding carboxylic acids is 1. The number of carbonyl (C=O) groups is 1. The number of hydrogen-bond acceptors (Lipinski definition) is 8. The van der Waals surface area contributed by atoms with Crippen molar-refractivity contribution in [2.75, 3.05) is 19.7 Å². The van der Waals surface area contributed by atoms with E-state index in [4.69, 9.17) is 9.72 Å². The van der Waals surface area contributed by atoms with Crippen molar-refractivity contribution in [3.05, 3.63) is 41.8 Å². The third-order valence-electron chi connectivity index (χ3n) is 6.45. The first-order valence-electron chi connectivity index (χ1n) is 11.9. The van der Waals surface area contributed by atoms with Crippen molar-refractivity contribution in [2.45, 2.75) is 45.4 Å². The number of rotatable bonds is 5. The van der Waals surface area contributed by atoms with Crippen LogP contribution in [-0.4, -0.2) is 70.7 Å². The molecule has 0 bridgehead atoms. The van der Waals surface area contributed by atoms with Crippen LogP contribution in [0.15, 0.2) is 36.9 Å². The van der Waals surface area contributed by atoms with Crippen LogP contribution in [0.2, 0.25) is 0 Å². The Balaban J connectivity index is 1.30. The van der Waals surface area contributed by atoms with Crippen molar-refractivity contribution in [1.29, 1.82) is 0 Å². The number of ether oxygens (including phenoxy) is 1. The molecule has 3 aromatic heterocycles. The Morgan fingerprint density at radius 3 is 2.86 bits per heavy atom. The second-order valence-electron chi connectivity index (χ2n) is 9.95. The standard InChI is InChI=1S/C25H27N7O3S/c1-15(33)30-11-18(12-30)32-23(26-14-28-32)24-29-22-19-5-4-16(8-20(19)35-7-6-21(22)36-24)17-9-27-31(10-17)13-25(2,3)34/h4-5,8-10,14,18,34H,6-7,11-13H2,1-3H3. The molecule has 1 saturated heterocycles. The van der Waals surface area contributed by atoms with E-state index >= 15 is 0 Å². The quantitative estimate of drug-likeness (QED) is 0.444. The van der Waals surface area contributed by atoms with E-state index in [1.807, 2.05) is 23.0 Å². The van der Waals surface area contributed by atoms with Crippen LogP contribution in [0.5, 0.6) is 5.75 Å². The molecule has 36 heavy (non-hydrogen) atoms. The van der Waals surface area contributed by atoms with E-state index in [1.165, 1.54) is 0 Å². The minimum absolute atomic E-state index is 0.0782. The van der Waals surface area contributed by atoms with Gasteiger partial charge in [-0.2, -0.15) is 10.2 Å². The fourth-order valence-electron chi connectivity index (χ4n) is 4.63. The molecule has 1 fully saturated rings. The topological polar surface area (TPSA) is 111 Å². The summed E-state index contributed by atoms with van der Waals surface area (Å²) in [5.74, 6) is 1.60. The predicted molar refractivity (Wildman–Crippen MR) is 135 cm³/mol. The second kappa shape index (κ2) is 8.52. The minimum atomic E-state index is -0.839. The first-order valence-corrected chi connectivity index (χ1v) is 12.7. The number of nitrogens with zero attached hydrogens (tertiary/aromatic N) is 7. The molecule has 6 rings (SSSR count). The zero-order valence-electron chi connectivity index (χ0n) is 20.4. The van der Waals surface area contributed by atoms with E-state index in [0.29, 0.717) is 26.2 Å². The van der Waals surface area contributed by atoms with Gasteiger partial charge in [0.15, 0.2) is 10.8 Å². The van der Waals surface area contributed by atoms with Gasteiger partial charge in [-0.1, -0.05) is 6.07 Å². The number of likely N-dealkylation sites (tertiary alicyclic amines) is 1. The van der Waals surface area contributed by atoms with Gasteiger partial charge in [0.25, 0.3) is 0 Å². The van der Waals surface area contributed by atoms with Crippen molar-refractivity contribution in [3.8, 4) is 39.0 Å². The molecule has 2 aliphatic rings. The largest absolute Gasteiger partial charge is 0.492 e. The van der Waals surface area contributed by atoms with Crippen LogP contribution in [0, 0.1) is 0 Å². The maximum absolute atomic E-state index is 11.6. The third kappa shape index (κ3) is 4.18. The molecule has 11 heteroatoms. The number of aliphatic hydroxyl groups is 1. The minimum Gasteiger partial charge on any atom is -0.492 e. The summed E-state index contributed by atoms with van der Waals surface area (Å²) in [5, 5.41) is 19.7. The molecule has 0 radical (unpaired) electrons. The molecule has 0 unspecified atom stereocenters.